The summed E-state index contributed by atoms with van der Waals surface area (Å²) >= 11 is 0. The van der Waals surface area contributed by atoms with Gasteiger partial charge in [0.1, 0.15) is 0 Å². The van der Waals surface area contributed by atoms with Gasteiger partial charge < -0.3 is 15.8 Å². The first-order valence-corrected chi connectivity index (χ1v) is 7.69. The molecule has 1 amide bonds. The van der Waals surface area contributed by atoms with E-state index in [9.17, 15) is 19.7 Å². The Bertz CT molecular complexity index is 603. The van der Waals surface area contributed by atoms with Crippen molar-refractivity contribution in [2.75, 3.05) is 6.54 Å². The van der Waals surface area contributed by atoms with Crippen LogP contribution in [0.3, 0.4) is 0 Å². The van der Waals surface area contributed by atoms with Gasteiger partial charge in [-0.2, -0.15) is 0 Å². The molecule has 0 aliphatic heterocycles. The minimum Gasteiger partial charge on any atom is -0.463 e. The van der Waals surface area contributed by atoms with Crippen LogP contribution in [-0.4, -0.2) is 29.4 Å². The zero-order chi connectivity index (χ0) is 18.3. The van der Waals surface area contributed by atoms with Crippen LogP contribution < -0.4 is 11.1 Å². The zero-order valence-corrected chi connectivity index (χ0v) is 14.0. The van der Waals surface area contributed by atoms with Gasteiger partial charge in [-0.3, -0.25) is 19.7 Å². The van der Waals surface area contributed by atoms with Gasteiger partial charge >= 0.3 is 5.97 Å². The molecule has 0 saturated carbocycles. The van der Waals surface area contributed by atoms with Gasteiger partial charge in [0.15, 0.2) is 0 Å². The van der Waals surface area contributed by atoms with E-state index in [1.54, 1.807) is 26.8 Å². The van der Waals surface area contributed by atoms with E-state index in [1.807, 2.05) is 0 Å². The van der Waals surface area contributed by atoms with Crippen molar-refractivity contribution < 1.29 is 19.2 Å². The van der Waals surface area contributed by atoms with Gasteiger partial charge in [0, 0.05) is 18.5 Å². The Hall–Kier alpha value is -2.48. The van der Waals surface area contributed by atoms with Gasteiger partial charge in [0.2, 0.25) is 5.91 Å². The largest absolute Gasteiger partial charge is 0.463 e. The number of benzene rings is 1. The molecule has 0 aliphatic rings. The van der Waals surface area contributed by atoms with Crippen molar-refractivity contribution in [2.45, 2.75) is 39.3 Å². The Balaban J connectivity index is 3.11. The second-order valence-corrected chi connectivity index (χ2v) is 5.76. The molecule has 3 N–H and O–H groups in total. The van der Waals surface area contributed by atoms with Crippen LogP contribution in [0, 0.1) is 16.0 Å². The van der Waals surface area contributed by atoms with Gasteiger partial charge in [-0.05, 0) is 13.8 Å². The third-order valence-corrected chi connectivity index (χ3v) is 3.36. The standard InChI is InChI=1S/C16H23N3O5/c1-10(2)24-15(20)8-13(18-16(21)11(3)9-17)12-6-4-5-7-14(12)19(22)23/h4-7,10-11,13H,8-9,17H2,1-3H3,(H,18,21). The average molecular weight is 337 g/mol. The highest BCUT2D eigenvalue weighted by atomic mass is 16.6. The molecule has 0 heterocycles. The number of nitro groups is 1. The molecule has 0 aliphatic carbocycles. The molecule has 2 unspecified atom stereocenters. The summed E-state index contributed by atoms with van der Waals surface area (Å²) in [7, 11) is 0. The molecular formula is C16H23N3O5. The second kappa shape index (κ2) is 8.97. The number of nitrogens with one attached hydrogen (secondary N) is 1. The van der Waals surface area contributed by atoms with E-state index in [-0.39, 0.29) is 36.2 Å². The van der Waals surface area contributed by atoms with Crippen LogP contribution in [0.1, 0.15) is 38.8 Å². The van der Waals surface area contributed by atoms with Crippen LogP contribution >= 0.6 is 0 Å². The lowest BCUT2D eigenvalue weighted by Crippen LogP contribution is -2.37. The predicted molar refractivity (Wildman–Crippen MR) is 88.0 cm³/mol. The summed E-state index contributed by atoms with van der Waals surface area (Å²) in [4.78, 5) is 34.8. The van der Waals surface area contributed by atoms with Crippen molar-refractivity contribution in [1.29, 1.82) is 0 Å². The minimum absolute atomic E-state index is 0.131. The number of amides is 1. The number of hydrogen-bond donors (Lipinski definition) is 2. The molecule has 24 heavy (non-hydrogen) atoms. The van der Waals surface area contributed by atoms with Gasteiger partial charge in [-0.1, -0.05) is 25.1 Å². The smallest absolute Gasteiger partial charge is 0.308 e. The molecule has 132 valence electrons. The first-order chi connectivity index (χ1) is 11.3. The lowest BCUT2D eigenvalue weighted by molar-refractivity contribution is -0.385. The zero-order valence-electron chi connectivity index (χ0n) is 14.0. The molecule has 8 heteroatoms. The quantitative estimate of drug-likeness (QED) is 0.422. The maximum Gasteiger partial charge on any atom is 0.308 e. The number of nitrogens with two attached hydrogens (primary N) is 1. The Morgan fingerprint density at radius 3 is 2.46 bits per heavy atom. The highest BCUT2D eigenvalue weighted by Gasteiger charge is 2.27. The maximum atomic E-state index is 12.1. The maximum absolute atomic E-state index is 12.1. The first-order valence-electron chi connectivity index (χ1n) is 7.69. The van der Waals surface area contributed by atoms with Crippen LogP contribution in [0.2, 0.25) is 0 Å². The molecule has 0 aromatic heterocycles. The molecule has 1 aromatic carbocycles. The van der Waals surface area contributed by atoms with Crippen molar-refractivity contribution >= 4 is 17.6 Å². The summed E-state index contributed by atoms with van der Waals surface area (Å²) in [6.45, 7) is 5.17. The minimum atomic E-state index is -0.862. The van der Waals surface area contributed by atoms with E-state index in [1.165, 1.54) is 18.2 Å². The van der Waals surface area contributed by atoms with Crippen LogP contribution in [-0.2, 0) is 14.3 Å². The monoisotopic (exact) mass is 337 g/mol. The van der Waals surface area contributed by atoms with Crippen molar-refractivity contribution in [3.05, 3.63) is 39.9 Å². The van der Waals surface area contributed by atoms with E-state index < -0.39 is 22.9 Å². The SMILES string of the molecule is CC(C)OC(=O)CC(NC(=O)C(C)CN)c1ccccc1[N+](=O)[O-]. The highest BCUT2D eigenvalue weighted by molar-refractivity contribution is 5.80. The number of para-hydroxylation sites is 1. The summed E-state index contributed by atoms with van der Waals surface area (Å²) in [5.41, 5.74) is 5.56. The molecule has 2 atom stereocenters. The molecule has 0 saturated heterocycles. The summed E-state index contributed by atoms with van der Waals surface area (Å²) in [6.07, 6.45) is -0.519. The van der Waals surface area contributed by atoms with Gasteiger partial charge in [-0.25, -0.2) is 0 Å². The van der Waals surface area contributed by atoms with Gasteiger partial charge in [-0.15, -0.1) is 0 Å². The van der Waals surface area contributed by atoms with E-state index >= 15 is 0 Å². The average Bonchev–Trinajstić information content (AvgIpc) is 2.52. The Labute approximate surface area is 140 Å². The van der Waals surface area contributed by atoms with Crippen molar-refractivity contribution in [3.63, 3.8) is 0 Å². The van der Waals surface area contributed by atoms with Crippen LogP contribution in [0.25, 0.3) is 0 Å². The fourth-order valence-electron chi connectivity index (χ4n) is 2.09. The van der Waals surface area contributed by atoms with Crippen molar-refractivity contribution in [3.8, 4) is 0 Å². The topological polar surface area (TPSA) is 125 Å². The fraction of sp³-hybridized carbons (Fsp3) is 0.500. The van der Waals surface area contributed by atoms with E-state index in [0.29, 0.717) is 0 Å². The number of hydrogen-bond acceptors (Lipinski definition) is 6. The number of nitro benzene ring substituents is 1. The van der Waals surface area contributed by atoms with Crippen molar-refractivity contribution in [1.82, 2.24) is 5.32 Å². The number of carbonyl (C=O) groups is 2. The molecule has 8 nitrogen and oxygen atoms in total. The fourth-order valence-corrected chi connectivity index (χ4v) is 2.09. The van der Waals surface area contributed by atoms with Crippen LogP contribution in [0.5, 0.6) is 0 Å². The number of nitrogens with zero attached hydrogens (tertiary/aromatic N) is 1. The molecule has 0 bridgehead atoms. The number of ether oxygens (including phenoxy) is 1. The van der Waals surface area contributed by atoms with E-state index in [2.05, 4.69) is 5.32 Å². The lowest BCUT2D eigenvalue weighted by atomic mass is 10.0. The first kappa shape index (κ1) is 19.6. The molecule has 0 fully saturated rings. The number of rotatable bonds is 8. The Morgan fingerprint density at radius 2 is 1.92 bits per heavy atom. The summed E-state index contributed by atoms with van der Waals surface area (Å²) < 4.78 is 5.09. The second-order valence-electron chi connectivity index (χ2n) is 5.76. The van der Waals surface area contributed by atoms with Crippen LogP contribution in [0.15, 0.2) is 24.3 Å². The Kier molecular flexibility index (Phi) is 7.31. The van der Waals surface area contributed by atoms with Gasteiger partial charge in [0.05, 0.1) is 29.1 Å². The van der Waals surface area contributed by atoms with Crippen LogP contribution in [0.4, 0.5) is 5.69 Å². The lowest BCUT2D eigenvalue weighted by Gasteiger charge is -2.21. The Morgan fingerprint density at radius 1 is 1.29 bits per heavy atom. The van der Waals surface area contributed by atoms with Crippen molar-refractivity contribution in [2.24, 2.45) is 11.7 Å². The molecule has 1 rings (SSSR count). The van der Waals surface area contributed by atoms with Gasteiger partial charge in [0.25, 0.3) is 5.69 Å². The molecular weight excluding hydrogens is 314 g/mol. The third kappa shape index (κ3) is 5.62. The summed E-state index contributed by atoms with van der Waals surface area (Å²) in [5, 5.41) is 13.9. The third-order valence-electron chi connectivity index (χ3n) is 3.36. The molecule has 1 aromatic rings. The summed E-state index contributed by atoms with van der Waals surface area (Å²) in [5.74, 6) is -1.40. The molecule has 0 spiro atoms. The number of carbonyl (C=O) groups excluding carboxylic acids is 2. The molecule has 0 radical (unpaired) electrons. The number of esters is 1. The highest BCUT2D eigenvalue weighted by Crippen LogP contribution is 2.27. The normalized spacial score (nSPS) is 13.2. The predicted octanol–water partition coefficient (Wildman–Crippen LogP) is 1.69. The summed E-state index contributed by atoms with van der Waals surface area (Å²) in [6, 6.07) is 5.12. The van der Waals surface area contributed by atoms with E-state index in [0.717, 1.165) is 0 Å². The van der Waals surface area contributed by atoms with E-state index in [4.69, 9.17) is 10.5 Å².